The number of amides is 1. The highest BCUT2D eigenvalue weighted by atomic mass is 79.9. The number of rotatable bonds is 1. The Kier molecular flexibility index (Phi) is 4.73. The van der Waals surface area contributed by atoms with Gasteiger partial charge in [0.2, 0.25) is 5.91 Å². The summed E-state index contributed by atoms with van der Waals surface area (Å²) < 4.78 is 14.0. The van der Waals surface area contributed by atoms with Gasteiger partial charge in [-0.2, -0.15) is 0 Å². The highest BCUT2D eigenvalue weighted by molar-refractivity contribution is 9.10. The molecule has 2 unspecified atom stereocenters. The second kappa shape index (κ2) is 6.05. The average molecular weight is 357 g/mol. The minimum atomic E-state index is -0.336. The van der Waals surface area contributed by atoms with Crippen molar-refractivity contribution in [2.45, 2.75) is 57.7 Å². The molecule has 2 N–H and O–H groups in total. The molecular formula is C16H22BrFN2O. The van der Waals surface area contributed by atoms with Crippen LogP contribution in [0.1, 0.15) is 51.6 Å². The molecular weight excluding hydrogens is 335 g/mol. The summed E-state index contributed by atoms with van der Waals surface area (Å²) in [7, 11) is 0. The molecule has 1 aromatic rings. The first-order chi connectivity index (χ1) is 9.71. The minimum Gasteiger partial charge on any atom is -0.329 e. The third-order valence-electron chi connectivity index (χ3n) is 3.88. The van der Waals surface area contributed by atoms with Crippen LogP contribution in [-0.4, -0.2) is 22.4 Å². The number of hydrogen-bond acceptors (Lipinski definition) is 2. The van der Waals surface area contributed by atoms with Gasteiger partial charge in [-0.15, -0.1) is 0 Å². The van der Waals surface area contributed by atoms with E-state index in [4.69, 9.17) is 5.73 Å². The maximum absolute atomic E-state index is 13.4. The Hall–Kier alpha value is -0.940. The summed E-state index contributed by atoms with van der Waals surface area (Å²) in [6.07, 6.45) is 2.09. The van der Waals surface area contributed by atoms with Gasteiger partial charge in [0, 0.05) is 22.5 Å². The van der Waals surface area contributed by atoms with Gasteiger partial charge in [-0.1, -0.05) is 22.0 Å². The van der Waals surface area contributed by atoms with Gasteiger partial charge < -0.3 is 10.6 Å². The Bertz CT molecular complexity index is 542. The third-order valence-corrected chi connectivity index (χ3v) is 4.57. The fourth-order valence-electron chi connectivity index (χ4n) is 3.02. The fraction of sp³-hybridized carbons (Fsp3) is 0.562. The number of benzene rings is 1. The van der Waals surface area contributed by atoms with Gasteiger partial charge in [0.1, 0.15) is 5.82 Å². The normalized spacial score (nSPS) is 24.1. The molecule has 0 aromatic heterocycles. The largest absolute Gasteiger partial charge is 0.329 e. The monoisotopic (exact) mass is 356 g/mol. The lowest BCUT2D eigenvalue weighted by Gasteiger charge is -2.43. The first-order valence-corrected chi connectivity index (χ1v) is 8.04. The first kappa shape index (κ1) is 16.4. The second-order valence-electron chi connectivity index (χ2n) is 6.60. The van der Waals surface area contributed by atoms with Crippen molar-refractivity contribution in [1.82, 2.24) is 4.90 Å². The lowest BCUT2D eigenvalue weighted by Crippen LogP contribution is -2.51. The Labute approximate surface area is 133 Å². The molecule has 3 nitrogen and oxygen atoms in total. The van der Waals surface area contributed by atoms with E-state index in [9.17, 15) is 9.18 Å². The van der Waals surface area contributed by atoms with E-state index in [1.54, 1.807) is 6.07 Å². The van der Waals surface area contributed by atoms with E-state index in [-0.39, 0.29) is 29.3 Å². The molecule has 0 bridgehead atoms. The van der Waals surface area contributed by atoms with Gasteiger partial charge in [-0.05, 0) is 51.3 Å². The summed E-state index contributed by atoms with van der Waals surface area (Å²) in [5.74, 6) is -0.196. The molecule has 1 aromatic carbocycles. The fourth-order valence-corrected chi connectivity index (χ4v) is 3.60. The molecule has 0 spiro atoms. The van der Waals surface area contributed by atoms with Crippen molar-refractivity contribution >= 4 is 21.8 Å². The molecule has 1 aliphatic heterocycles. The molecule has 5 heteroatoms. The van der Waals surface area contributed by atoms with E-state index in [0.717, 1.165) is 18.4 Å². The first-order valence-electron chi connectivity index (χ1n) is 7.24. The van der Waals surface area contributed by atoms with Gasteiger partial charge in [0.05, 0.1) is 6.04 Å². The molecule has 2 atom stereocenters. The lowest BCUT2D eigenvalue weighted by molar-refractivity contribution is -0.139. The van der Waals surface area contributed by atoms with Crippen molar-refractivity contribution in [1.29, 1.82) is 0 Å². The van der Waals surface area contributed by atoms with Crippen LogP contribution < -0.4 is 5.73 Å². The quantitative estimate of drug-likeness (QED) is 0.832. The second-order valence-corrected chi connectivity index (χ2v) is 7.46. The molecule has 0 aliphatic carbocycles. The topological polar surface area (TPSA) is 46.3 Å². The summed E-state index contributed by atoms with van der Waals surface area (Å²) >= 11 is 3.42. The molecule has 1 saturated heterocycles. The molecule has 116 valence electrons. The molecule has 21 heavy (non-hydrogen) atoms. The van der Waals surface area contributed by atoms with Crippen molar-refractivity contribution in [3.8, 4) is 0 Å². The summed E-state index contributed by atoms with van der Waals surface area (Å²) in [6.45, 7) is 6.02. The molecule has 1 aliphatic rings. The minimum absolute atomic E-state index is 0.108. The smallest absolute Gasteiger partial charge is 0.223 e. The van der Waals surface area contributed by atoms with Crippen molar-refractivity contribution < 1.29 is 9.18 Å². The van der Waals surface area contributed by atoms with E-state index in [2.05, 4.69) is 15.9 Å². The number of likely N-dealkylation sites (tertiary alicyclic amines) is 1. The Morgan fingerprint density at radius 1 is 1.38 bits per heavy atom. The standard InChI is InChI=1S/C16H22BrFN2O/c1-16(2,3)20-14(21)6-4-5-13(19)15(20)11-8-7-10(18)9-12(11)17/h7-9,13,15H,4-6,19H2,1-3H3. The van der Waals surface area contributed by atoms with E-state index >= 15 is 0 Å². The molecule has 0 saturated carbocycles. The summed E-state index contributed by atoms with van der Waals surface area (Å²) in [6, 6.07) is 4.18. The van der Waals surface area contributed by atoms with Gasteiger partial charge in [0.25, 0.3) is 0 Å². The number of nitrogens with zero attached hydrogens (tertiary/aromatic N) is 1. The van der Waals surface area contributed by atoms with E-state index in [1.807, 2.05) is 25.7 Å². The third kappa shape index (κ3) is 3.46. The predicted octanol–water partition coefficient (Wildman–Crippen LogP) is 3.77. The van der Waals surface area contributed by atoms with Crippen molar-refractivity contribution in [3.63, 3.8) is 0 Å². The molecule has 1 amide bonds. The molecule has 2 rings (SSSR count). The van der Waals surface area contributed by atoms with Gasteiger partial charge in [-0.3, -0.25) is 4.79 Å². The number of hydrogen-bond donors (Lipinski definition) is 1. The van der Waals surface area contributed by atoms with Gasteiger partial charge in [-0.25, -0.2) is 4.39 Å². The summed E-state index contributed by atoms with van der Waals surface area (Å²) in [4.78, 5) is 14.4. The van der Waals surface area contributed by atoms with E-state index < -0.39 is 0 Å². The SMILES string of the molecule is CC(C)(C)N1C(=O)CCCC(N)C1c1ccc(F)cc1Br. The number of nitrogens with two attached hydrogens (primary N) is 1. The van der Waals surface area contributed by atoms with Crippen LogP contribution in [0.2, 0.25) is 0 Å². The maximum Gasteiger partial charge on any atom is 0.223 e. The molecule has 1 heterocycles. The molecule has 1 fully saturated rings. The van der Waals surface area contributed by atoms with E-state index in [1.165, 1.54) is 12.1 Å². The summed E-state index contributed by atoms with van der Waals surface area (Å²) in [5, 5.41) is 0. The van der Waals surface area contributed by atoms with Crippen molar-refractivity contribution in [2.24, 2.45) is 5.73 Å². The zero-order valence-electron chi connectivity index (χ0n) is 12.7. The lowest BCUT2D eigenvalue weighted by atomic mass is 9.92. The zero-order chi connectivity index (χ0) is 15.8. The van der Waals surface area contributed by atoms with Crippen LogP contribution in [0.5, 0.6) is 0 Å². The predicted molar refractivity (Wildman–Crippen MR) is 85.3 cm³/mol. The van der Waals surface area contributed by atoms with Crippen LogP contribution in [0.3, 0.4) is 0 Å². The van der Waals surface area contributed by atoms with Gasteiger partial charge in [0.15, 0.2) is 0 Å². The van der Waals surface area contributed by atoms with Crippen LogP contribution in [0.25, 0.3) is 0 Å². The molecule has 0 radical (unpaired) electrons. The van der Waals surface area contributed by atoms with Crippen LogP contribution >= 0.6 is 15.9 Å². The number of carbonyl (C=O) groups is 1. The summed E-state index contributed by atoms with van der Waals surface area (Å²) in [5.41, 5.74) is 6.89. The van der Waals surface area contributed by atoms with E-state index in [0.29, 0.717) is 10.9 Å². The van der Waals surface area contributed by atoms with Crippen LogP contribution in [0.4, 0.5) is 4.39 Å². The Balaban J connectivity index is 2.54. The zero-order valence-corrected chi connectivity index (χ0v) is 14.3. The Morgan fingerprint density at radius 2 is 2.05 bits per heavy atom. The van der Waals surface area contributed by atoms with Crippen molar-refractivity contribution in [2.75, 3.05) is 0 Å². The highest BCUT2D eigenvalue weighted by Gasteiger charge is 2.39. The average Bonchev–Trinajstić information content (AvgIpc) is 2.48. The van der Waals surface area contributed by atoms with Crippen LogP contribution in [0, 0.1) is 5.82 Å². The highest BCUT2D eigenvalue weighted by Crippen LogP contribution is 2.38. The number of halogens is 2. The van der Waals surface area contributed by atoms with Crippen LogP contribution in [0.15, 0.2) is 22.7 Å². The maximum atomic E-state index is 13.4. The van der Waals surface area contributed by atoms with Gasteiger partial charge >= 0.3 is 0 Å². The van der Waals surface area contributed by atoms with Crippen molar-refractivity contribution in [3.05, 3.63) is 34.1 Å². The van der Waals surface area contributed by atoms with Crippen LogP contribution in [-0.2, 0) is 4.79 Å². The Morgan fingerprint density at radius 3 is 2.62 bits per heavy atom. The number of carbonyl (C=O) groups excluding carboxylic acids is 1.